The highest BCUT2D eigenvalue weighted by Crippen LogP contribution is 2.70. The van der Waals surface area contributed by atoms with E-state index < -0.39 is 53.8 Å². The van der Waals surface area contributed by atoms with E-state index in [0.29, 0.717) is 0 Å². The van der Waals surface area contributed by atoms with Gasteiger partial charge < -0.3 is 0 Å². The highest BCUT2D eigenvalue weighted by Gasteiger charge is 3.04. The summed E-state index contributed by atoms with van der Waals surface area (Å²) in [5.74, 6) is -9.21. The minimum Gasteiger partial charge on any atom is -0.228 e. The first-order chi connectivity index (χ1) is 12.0. The standard InChI is InChI=1S/C9F20/c10-1(4(13,14)9(27,28)29,2(11,5(15,16)17)6(18,19)20)3(12,7(21,22)23)8(24,25)26. The van der Waals surface area contributed by atoms with Crippen LogP contribution in [-0.2, 0) is 0 Å². The molecule has 0 saturated carbocycles. The van der Waals surface area contributed by atoms with Gasteiger partial charge in [-0.15, -0.1) is 0 Å². The fraction of sp³-hybridized carbons (Fsp3) is 1.00. The maximum Gasteiger partial charge on any atom is 0.457 e. The largest absolute Gasteiger partial charge is 0.457 e. The molecule has 0 aliphatic carbocycles. The first-order valence-corrected chi connectivity index (χ1v) is 5.78. The molecule has 0 fully saturated rings. The Labute approximate surface area is 143 Å². The van der Waals surface area contributed by atoms with E-state index in [-0.39, 0.29) is 0 Å². The highest BCUT2D eigenvalue weighted by atomic mass is 19.5. The zero-order valence-electron chi connectivity index (χ0n) is 12.1. The van der Waals surface area contributed by atoms with Crippen molar-refractivity contribution in [3.05, 3.63) is 0 Å². The van der Waals surface area contributed by atoms with Gasteiger partial charge in [0.15, 0.2) is 0 Å². The van der Waals surface area contributed by atoms with Gasteiger partial charge in [-0.1, -0.05) is 0 Å². The summed E-state index contributed by atoms with van der Waals surface area (Å²) in [5, 5.41) is 0. The predicted octanol–water partition coefficient (Wildman–Crippen LogP) is 6.56. The van der Waals surface area contributed by atoms with Crippen LogP contribution in [0, 0.1) is 0 Å². The topological polar surface area (TPSA) is 0 Å². The maximum absolute atomic E-state index is 14.0. The normalized spacial score (nSPS) is 17.0. The van der Waals surface area contributed by atoms with Crippen LogP contribution in [0.3, 0.4) is 0 Å². The van der Waals surface area contributed by atoms with Crippen molar-refractivity contribution in [1.29, 1.82) is 0 Å². The van der Waals surface area contributed by atoms with Crippen molar-refractivity contribution in [2.45, 2.75) is 53.8 Å². The smallest absolute Gasteiger partial charge is 0.228 e. The summed E-state index contributed by atoms with van der Waals surface area (Å²) in [6.45, 7) is 0. The Morgan fingerprint density at radius 1 is 0.207 bits per heavy atom. The number of halogens is 20. The molecule has 0 N–H and O–H groups in total. The zero-order chi connectivity index (χ0) is 24.5. The Balaban J connectivity index is 8.14. The second kappa shape index (κ2) is 6.30. The molecule has 0 aliphatic rings. The van der Waals surface area contributed by atoms with Crippen LogP contribution >= 0.6 is 0 Å². The van der Waals surface area contributed by atoms with Gasteiger partial charge in [0.1, 0.15) is 0 Å². The minimum atomic E-state index is -9.77. The molecular formula is C9F20. The van der Waals surface area contributed by atoms with Gasteiger partial charge in [-0.2, -0.15) is 74.6 Å². The van der Waals surface area contributed by atoms with Crippen molar-refractivity contribution in [2.75, 3.05) is 0 Å². The zero-order valence-corrected chi connectivity index (χ0v) is 12.1. The van der Waals surface area contributed by atoms with E-state index in [1.807, 2.05) is 0 Å². The van der Waals surface area contributed by atoms with Gasteiger partial charge in [0.25, 0.3) is 5.67 Å². The summed E-state index contributed by atoms with van der Waals surface area (Å²) in [5.41, 5.74) is -28.5. The van der Waals surface area contributed by atoms with E-state index in [9.17, 15) is 87.8 Å². The number of hydrogen-bond donors (Lipinski definition) is 0. The lowest BCUT2D eigenvalue weighted by Crippen LogP contribution is -2.86. The predicted molar refractivity (Wildman–Crippen MR) is 46.7 cm³/mol. The first kappa shape index (κ1) is 27.6. The van der Waals surface area contributed by atoms with Gasteiger partial charge in [0.05, 0.1) is 0 Å². The molecule has 0 aliphatic heterocycles. The monoisotopic (exact) mass is 488 g/mol. The minimum absolute atomic E-state index is 8.52. The third kappa shape index (κ3) is 3.23. The van der Waals surface area contributed by atoms with Crippen LogP contribution in [0.1, 0.15) is 0 Å². The van der Waals surface area contributed by atoms with Crippen LogP contribution in [0.25, 0.3) is 0 Å². The highest BCUT2D eigenvalue weighted by molar-refractivity contribution is 5.29. The average Bonchev–Trinajstić information content (AvgIpc) is 2.37. The Morgan fingerprint density at radius 3 is 0.483 bits per heavy atom. The summed E-state index contributed by atoms with van der Waals surface area (Å²) in [6.07, 6.45) is -43.5. The van der Waals surface area contributed by atoms with Crippen LogP contribution in [0.5, 0.6) is 0 Å². The molecule has 0 nitrogen and oxygen atoms in total. The molecule has 0 spiro atoms. The van der Waals surface area contributed by atoms with Crippen molar-refractivity contribution < 1.29 is 87.8 Å². The molecule has 0 aromatic rings. The van der Waals surface area contributed by atoms with Crippen molar-refractivity contribution in [1.82, 2.24) is 0 Å². The van der Waals surface area contributed by atoms with Gasteiger partial charge in [-0.05, 0) is 0 Å². The summed E-state index contributed by atoms with van der Waals surface area (Å²) >= 11 is 0. The Morgan fingerprint density at radius 2 is 0.379 bits per heavy atom. The van der Waals surface area contributed by atoms with E-state index in [4.69, 9.17) is 0 Å². The third-order valence-corrected chi connectivity index (χ3v) is 3.30. The lowest BCUT2D eigenvalue weighted by Gasteiger charge is -2.51. The van der Waals surface area contributed by atoms with E-state index in [0.717, 1.165) is 0 Å². The molecule has 0 heterocycles. The Bertz CT molecular complexity index is 524. The molecule has 0 unspecified atom stereocenters. The SMILES string of the molecule is FC(F)(F)C(F)(F)C(F)(C(F)(C(F)(F)F)C(F)(F)F)C(F)(C(F)(F)F)C(F)(F)F. The fourth-order valence-corrected chi connectivity index (χ4v) is 1.97. The second-order valence-corrected chi connectivity index (χ2v) is 5.04. The molecule has 0 saturated heterocycles. The summed E-state index contributed by atoms with van der Waals surface area (Å²) in [7, 11) is 0. The lowest BCUT2D eigenvalue weighted by atomic mass is 9.68. The van der Waals surface area contributed by atoms with E-state index in [2.05, 4.69) is 0 Å². The average molecular weight is 488 g/mol. The molecule has 0 rings (SSSR count). The molecule has 0 bridgehead atoms. The molecule has 0 atom stereocenters. The number of alkyl halides is 20. The molecule has 0 amide bonds. The lowest BCUT2D eigenvalue weighted by molar-refractivity contribution is -0.491. The van der Waals surface area contributed by atoms with E-state index >= 15 is 0 Å². The van der Waals surface area contributed by atoms with Crippen LogP contribution in [0.15, 0.2) is 0 Å². The van der Waals surface area contributed by atoms with Gasteiger partial charge in [-0.3, -0.25) is 0 Å². The number of hydrogen-bond acceptors (Lipinski definition) is 0. The molecule has 0 aromatic heterocycles. The molecule has 176 valence electrons. The van der Waals surface area contributed by atoms with Gasteiger partial charge in [-0.25, -0.2) is 13.2 Å². The molecular weight excluding hydrogens is 488 g/mol. The summed E-state index contributed by atoms with van der Waals surface area (Å²) < 4.78 is 253. The van der Waals surface area contributed by atoms with Crippen LogP contribution in [-0.4, -0.2) is 53.8 Å². The molecule has 0 aromatic carbocycles. The van der Waals surface area contributed by atoms with E-state index in [1.54, 1.807) is 0 Å². The molecule has 0 radical (unpaired) electrons. The van der Waals surface area contributed by atoms with Crippen molar-refractivity contribution >= 4 is 0 Å². The summed E-state index contributed by atoms with van der Waals surface area (Å²) in [6, 6.07) is 0. The fourth-order valence-electron chi connectivity index (χ4n) is 1.97. The third-order valence-electron chi connectivity index (χ3n) is 3.30. The van der Waals surface area contributed by atoms with Crippen LogP contribution in [0.2, 0.25) is 0 Å². The van der Waals surface area contributed by atoms with Gasteiger partial charge in [0, 0.05) is 0 Å². The number of rotatable bonds is 3. The van der Waals surface area contributed by atoms with Crippen molar-refractivity contribution in [3.8, 4) is 0 Å². The quantitative estimate of drug-likeness (QED) is 0.395. The molecule has 20 heteroatoms. The van der Waals surface area contributed by atoms with Crippen molar-refractivity contribution in [3.63, 3.8) is 0 Å². The van der Waals surface area contributed by atoms with Gasteiger partial charge in [0.2, 0.25) is 0 Å². The van der Waals surface area contributed by atoms with E-state index in [1.165, 1.54) is 0 Å². The summed E-state index contributed by atoms with van der Waals surface area (Å²) in [4.78, 5) is 0. The first-order valence-electron chi connectivity index (χ1n) is 5.78. The maximum atomic E-state index is 14.0. The van der Waals surface area contributed by atoms with Crippen LogP contribution < -0.4 is 0 Å². The Kier molecular flexibility index (Phi) is 6.00. The second-order valence-electron chi connectivity index (χ2n) is 5.04. The van der Waals surface area contributed by atoms with Crippen LogP contribution in [0.4, 0.5) is 87.8 Å². The van der Waals surface area contributed by atoms with Gasteiger partial charge >= 0.3 is 48.1 Å². The van der Waals surface area contributed by atoms with Crippen molar-refractivity contribution in [2.24, 2.45) is 0 Å². The Hall–Kier alpha value is -1.40. The molecule has 29 heavy (non-hydrogen) atoms.